The highest BCUT2D eigenvalue weighted by Crippen LogP contribution is 2.25. The highest BCUT2D eigenvalue weighted by atomic mass is 19.1. The Morgan fingerprint density at radius 2 is 2.04 bits per heavy atom. The Balaban J connectivity index is 1.88. The smallest absolute Gasteiger partial charge is 0.310 e. The van der Waals surface area contributed by atoms with E-state index in [0.717, 1.165) is 0 Å². The van der Waals surface area contributed by atoms with Gasteiger partial charge >= 0.3 is 5.69 Å². The first-order valence-electron chi connectivity index (χ1n) is 6.85. The van der Waals surface area contributed by atoms with Crippen molar-refractivity contribution < 1.29 is 18.8 Å². The molecule has 2 aromatic rings. The van der Waals surface area contributed by atoms with Crippen LogP contribution in [0.15, 0.2) is 42.5 Å². The maximum atomic E-state index is 13.4. The third-order valence-corrected chi connectivity index (χ3v) is 3.15. The predicted octanol–water partition coefficient (Wildman–Crippen LogP) is 2.74. The van der Waals surface area contributed by atoms with Crippen LogP contribution in [0.4, 0.5) is 10.1 Å². The molecule has 0 atom stereocenters. The van der Waals surface area contributed by atoms with Gasteiger partial charge in [-0.2, -0.15) is 0 Å². The number of nitrogens with zero attached hydrogens (tertiary/aromatic N) is 1. The first-order valence-corrected chi connectivity index (χ1v) is 6.85. The highest BCUT2D eigenvalue weighted by Gasteiger charge is 2.14. The zero-order valence-electron chi connectivity index (χ0n) is 12.4. The number of hydrogen-bond donors (Lipinski definition) is 1. The number of nitro groups is 1. The number of rotatable bonds is 6. The average Bonchev–Trinajstić information content (AvgIpc) is 2.54. The minimum Gasteiger partial charge on any atom is -0.477 e. The van der Waals surface area contributed by atoms with Crippen molar-refractivity contribution in [3.8, 4) is 5.75 Å². The molecule has 6 nitrogen and oxygen atoms in total. The van der Waals surface area contributed by atoms with Gasteiger partial charge in [-0.1, -0.05) is 24.3 Å². The quantitative estimate of drug-likeness (QED) is 0.656. The summed E-state index contributed by atoms with van der Waals surface area (Å²) in [5, 5.41) is 13.4. The second-order valence-corrected chi connectivity index (χ2v) is 4.87. The predicted molar refractivity (Wildman–Crippen MR) is 81.6 cm³/mol. The molecule has 2 rings (SSSR count). The van der Waals surface area contributed by atoms with Gasteiger partial charge in [-0.3, -0.25) is 14.9 Å². The van der Waals surface area contributed by atoms with Crippen molar-refractivity contribution in [1.82, 2.24) is 5.32 Å². The number of benzene rings is 2. The lowest BCUT2D eigenvalue weighted by molar-refractivity contribution is -0.385. The van der Waals surface area contributed by atoms with Crippen LogP contribution in [0.2, 0.25) is 0 Å². The Morgan fingerprint density at radius 3 is 2.74 bits per heavy atom. The molecule has 1 amide bonds. The number of carbonyl (C=O) groups is 1. The number of ether oxygens (including phenoxy) is 1. The van der Waals surface area contributed by atoms with Crippen LogP contribution in [0.1, 0.15) is 11.1 Å². The van der Waals surface area contributed by atoms with E-state index < -0.39 is 10.8 Å². The molecular weight excluding hydrogens is 303 g/mol. The van der Waals surface area contributed by atoms with E-state index in [-0.39, 0.29) is 30.4 Å². The molecule has 0 spiro atoms. The second-order valence-electron chi connectivity index (χ2n) is 4.87. The fraction of sp³-hybridized carbons (Fsp3) is 0.188. The first-order chi connectivity index (χ1) is 11.0. The van der Waals surface area contributed by atoms with Crippen molar-refractivity contribution in [2.45, 2.75) is 13.5 Å². The summed E-state index contributed by atoms with van der Waals surface area (Å²) >= 11 is 0. The molecule has 0 heterocycles. The van der Waals surface area contributed by atoms with E-state index >= 15 is 0 Å². The van der Waals surface area contributed by atoms with Gasteiger partial charge in [-0.25, -0.2) is 4.39 Å². The second kappa shape index (κ2) is 7.35. The lowest BCUT2D eigenvalue weighted by atomic mass is 10.1. The minimum atomic E-state index is -0.581. The van der Waals surface area contributed by atoms with Crippen LogP contribution in [0.25, 0.3) is 0 Å². The number of nitro benzene ring substituents is 1. The lowest BCUT2D eigenvalue weighted by Crippen LogP contribution is -2.28. The number of aryl methyl sites for hydroxylation is 1. The molecule has 0 fully saturated rings. The molecule has 7 heteroatoms. The lowest BCUT2D eigenvalue weighted by Gasteiger charge is -2.08. The van der Waals surface area contributed by atoms with E-state index in [1.54, 1.807) is 25.1 Å². The van der Waals surface area contributed by atoms with E-state index in [4.69, 9.17) is 4.74 Å². The van der Waals surface area contributed by atoms with Crippen LogP contribution in [-0.2, 0) is 11.3 Å². The van der Waals surface area contributed by atoms with Gasteiger partial charge in [0.15, 0.2) is 12.4 Å². The van der Waals surface area contributed by atoms with E-state index in [0.29, 0.717) is 11.1 Å². The number of halogens is 1. The molecule has 0 aliphatic heterocycles. The highest BCUT2D eigenvalue weighted by molar-refractivity contribution is 5.77. The van der Waals surface area contributed by atoms with E-state index in [1.165, 1.54) is 24.3 Å². The average molecular weight is 318 g/mol. The Kier molecular flexibility index (Phi) is 5.24. The zero-order chi connectivity index (χ0) is 16.8. The number of amides is 1. The molecule has 1 N–H and O–H groups in total. The molecule has 120 valence electrons. The Hall–Kier alpha value is -2.96. The Morgan fingerprint density at radius 1 is 1.30 bits per heavy atom. The van der Waals surface area contributed by atoms with Crippen LogP contribution in [-0.4, -0.2) is 17.4 Å². The normalized spacial score (nSPS) is 10.2. The molecule has 0 radical (unpaired) electrons. The van der Waals surface area contributed by atoms with Gasteiger partial charge < -0.3 is 10.1 Å². The van der Waals surface area contributed by atoms with Gasteiger partial charge in [0.25, 0.3) is 5.91 Å². The molecule has 0 saturated carbocycles. The first kappa shape index (κ1) is 16.4. The standard InChI is InChI=1S/C16H15FN2O4/c1-11-6-7-12(8-13(11)17)9-18-16(20)10-23-15-5-3-2-4-14(15)19(21)22/h2-8H,9-10H2,1H3,(H,18,20). The minimum absolute atomic E-state index is 0.0223. The van der Waals surface area contributed by atoms with Gasteiger partial charge in [-0.15, -0.1) is 0 Å². The Labute approximate surface area is 132 Å². The van der Waals surface area contributed by atoms with Crippen LogP contribution in [0.3, 0.4) is 0 Å². The number of para-hydroxylation sites is 2. The summed E-state index contributed by atoms with van der Waals surface area (Å²) in [7, 11) is 0. The van der Waals surface area contributed by atoms with Gasteiger partial charge in [0.2, 0.25) is 0 Å². The van der Waals surface area contributed by atoms with Crippen molar-refractivity contribution in [1.29, 1.82) is 0 Å². The summed E-state index contributed by atoms with van der Waals surface area (Å²) < 4.78 is 18.6. The molecule has 0 bridgehead atoms. The topological polar surface area (TPSA) is 81.5 Å². The molecule has 0 aliphatic carbocycles. The van der Waals surface area contributed by atoms with Crippen molar-refractivity contribution in [2.24, 2.45) is 0 Å². The number of carbonyl (C=O) groups excluding carboxylic acids is 1. The fourth-order valence-electron chi connectivity index (χ4n) is 1.87. The summed E-state index contributed by atoms with van der Waals surface area (Å²) in [5.74, 6) is -0.772. The zero-order valence-corrected chi connectivity index (χ0v) is 12.4. The van der Waals surface area contributed by atoms with Crippen LogP contribution in [0, 0.1) is 22.9 Å². The molecular formula is C16H15FN2O4. The van der Waals surface area contributed by atoms with Crippen molar-refractivity contribution in [2.75, 3.05) is 6.61 Å². The molecule has 23 heavy (non-hydrogen) atoms. The molecule has 0 unspecified atom stereocenters. The summed E-state index contributed by atoms with van der Waals surface area (Å²) in [6, 6.07) is 10.5. The van der Waals surface area contributed by atoms with Gasteiger partial charge in [0, 0.05) is 12.6 Å². The van der Waals surface area contributed by atoms with Gasteiger partial charge in [0.05, 0.1) is 4.92 Å². The molecule has 0 aliphatic rings. The Bertz CT molecular complexity index is 734. The fourth-order valence-corrected chi connectivity index (χ4v) is 1.87. The SMILES string of the molecule is Cc1ccc(CNC(=O)COc2ccccc2[N+](=O)[O-])cc1F. The van der Waals surface area contributed by atoms with E-state index in [9.17, 15) is 19.3 Å². The molecule has 0 aromatic heterocycles. The van der Waals surface area contributed by atoms with Crippen LogP contribution in [0.5, 0.6) is 5.75 Å². The summed E-state index contributed by atoms with van der Waals surface area (Å²) in [5.41, 5.74) is 0.938. The molecule has 2 aromatic carbocycles. The van der Waals surface area contributed by atoms with E-state index in [2.05, 4.69) is 5.32 Å². The van der Waals surface area contributed by atoms with Crippen molar-refractivity contribution in [3.63, 3.8) is 0 Å². The van der Waals surface area contributed by atoms with Crippen LogP contribution >= 0.6 is 0 Å². The van der Waals surface area contributed by atoms with Crippen LogP contribution < -0.4 is 10.1 Å². The van der Waals surface area contributed by atoms with Crippen molar-refractivity contribution in [3.05, 3.63) is 69.5 Å². The maximum absolute atomic E-state index is 13.4. The third-order valence-electron chi connectivity index (χ3n) is 3.15. The summed E-state index contributed by atoms with van der Waals surface area (Å²) in [6.07, 6.45) is 0. The number of nitrogens with one attached hydrogen (secondary N) is 1. The summed E-state index contributed by atoms with van der Waals surface area (Å²) in [6.45, 7) is 1.44. The monoisotopic (exact) mass is 318 g/mol. The maximum Gasteiger partial charge on any atom is 0.310 e. The molecule has 0 saturated heterocycles. The van der Waals surface area contributed by atoms with E-state index in [1.807, 2.05) is 0 Å². The van der Waals surface area contributed by atoms with Gasteiger partial charge in [-0.05, 0) is 30.2 Å². The van der Waals surface area contributed by atoms with Gasteiger partial charge in [0.1, 0.15) is 5.82 Å². The largest absolute Gasteiger partial charge is 0.477 e. The number of hydrogen-bond acceptors (Lipinski definition) is 4. The van der Waals surface area contributed by atoms with Crippen molar-refractivity contribution >= 4 is 11.6 Å². The third kappa shape index (κ3) is 4.50. The summed E-state index contributed by atoms with van der Waals surface area (Å²) in [4.78, 5) is 22.0.